The SMILES string of the molecule is O=C(NCc1ccc(S(=O)(=O)NNC(=O)c2csc(-c3ccc(C4SCCS4)cc3)n2)s1)c1ccc(Cl)cc1. The number of thiophene rings is 1. The molecule has 8 nitrogen and oxygen atoms in total. The molecule has 0 bridgehead atoms. The van der Waals surface area contributed by atoms with Crippen LogP contribution in [0.3, 0.4) is 0 Å². The molecule has 0 aliphatic carbocycles. The standard InChI is InChI=1S/C25H21ClN4O4S5/c26-18-7-5-15(6-8-18)22(31)27-13-19-9-10-21(38-19)39(33,34)30-29-23(32)20-14-37-24(28-20)16-1-3-17(4-2-16)25-35-11-12-36-25/h1-10,14,25,30H,11-13H2,(H,27,31)(H,29,32). The average Bonchev–Trinajstić information content (AvgIpc) is 3.73. The second-order valence-electron chi connectivity index (χ2n) is 8.20. The van der Waals surface area contributed by atoms with Gasteiger partial charge in [0.15, 0.2) is 0 Å². The summed E-state index contributed by atoms with van der Waals surface area (Å²) in [6.45, 7) is 0.148. The van der Waals surface area contributed by atoms with E-state index in [-0.39, 0.29) is 22.4 Å². The summed E-state index contributed by atoms with van der Waals surface area (Å²) >= 11 is 12.0. The lowest BCUT2D eigenvalue weighted by Gasteiger charge is -2.08. The summed E-state index contributed by atoms with van der Waals surface area (Å²) in [5, 5.41) is 5.52. The number of thioether (sulfide) groups is 2. The van der Waals surface area contributed by atoms with E-state index in [1.165, 1.54) is 23.0 Å². The van der Waals surface area contributed by atoms with Gasteiger partial charge in [-0.3, -0.25) is 15.0 Å². The fourth-order valence-corrected chi connectivity index (χ4v) is 9.47. The number of carbonyl (C=O) groups is 2. The Morgan fingerprint density at radius 1 is 0.949 bits per heavy atom. The summed E-state index contributed by atoms with van der Waals surface area (Å²) in [6, 6.07) is 17.6. The largest absolute Gasteiger partial charge is 0.347 e. The number of sulfonamides is 1. The number of aromatic nitrogens is 1. The third-order valence-corrected chi connectivity index (χ3v) is 12.6. The van der Waals surface area contributed by atoms with E-state index in [2.05, 4.69) is 32.7 Å². The monoisotopic (exact) mass is 636 g/mol. The van der Waals surface area contributed by atoms with Crippen LogP contribution in [0.1, 0.15) is 35.9 Å². The van der Waals surface area contributed by atoms with Gasteiger partial charge in [-0.25, -0.2) is 13.4 Å². The van der Waals surface area contributed by atoms with Crippen LogP contribution in [0.25, 0.3) is 10.6 Å². The van der Waals surface area contributed by atoms with Crippen LogP contribution in [0.2, 0.25) is 5.02 Å². The molecule has 1 aliphatic rings. The number of halogens is 1. The first-order chi connectivity index (χ1) is 18.8. The molecule has 0 radical (unpaired) electrons. The van der Waals surface area contributed by atoms with Crippen LogP contribution in [0.15, 0.2) is 70.3 Å². The quantitative estimate of drug-likeness (QED) is 0.206. The molecular weight excluding hydrogens is 616 g/mol. The molecule has 39 heavy (non-hydrogen) atoms. The second-order valence-corrected chi connectivity index (χ2v) is 15.3. The molecule has 0 atom stereocenters. The lowest BCUT2D eigenvalue weighted by molar-refractivity contribution is 0.0937. The van der Waals surface area contributed by atoms with Gasteiger partial charge in [-0.2, -0.15) is 0 Å². The minimum absolute atomic E-state index is 0.00353. The number of rotatable bonds is 9. The third-order valence-electron chi connectivity index (χ3n) is 5.52. The number of amides is 2. The molecular formula is C25H21ClN4O4S5. The first kappa shape index (κ1) is 28.1. The van der Waals surface area contributed by atoms with Crippen molar-refractivity contribution in [2.45, 2.75) is 15.3 Å². The molecule has 4 aromatic rings. The number of thiazole rings is 1. The molecule has 202 valence electrons. The van der Waals surface area contributed by atoms with Gasteiger partial charge in [0.1, 0.15) is 14.9 Å². The zero-order valence-corrected chi connectivity index (χ0v) is 24.9. The summed E-state index contributed by atoms with van der Waals surface area (Å²) in [5.74, 6) is 1.34. The van der Waals surface area contributed by atoms with Crippen LogP contribution >= 0.6 is 57.8 Å². The molecule has 0 saturated carbocycles. The molecule has 2 amide bonds. The van der Waals surface area contributed by atoms with Gasteiger partial charge in [-0.15, -0.1) is 51.0 Å². The highest BCUT2D eigenvalue weighted by molar-refractivity contribution is 8.19. The molecule has 3 heterocycles. The van der Waals surface area contributed by atoms with Crippen molar-refractivity contribution in [2.24, 2.45) is 0 Å². The molecule has 3 N–H and O–H groups in total. The maximum Gasteiger partial charge on any atom is 0.285 e. The minimum Gasteiger partial charge on any atom is -0.347 e. The van der Waals surface area contributed by atoms with E-state index in [0.29, 0.717) is 25.1 Å². The summed E-state index contributed by atoms with van der Waals surface area (Å²) in [4.78, 5) is 32.0. The number of nitrogens with zero attached hydrogens (tertiary/aromatic N) is 1. The molecule has 2 aromatic heterocycles. The third kappa shape index (κ3) is 7.04. The lowest BCUT2D eigenvalue weighted by atomic mass is 10.1. The van der Waals surface area contributed by atoms with Gasteiger partial charge >= 0.3 is 0 Å². The van der Waals surface area contributed by atoms with Gasteiger partial charge in [-0.1, -0.05) is 35.9 Å². The fraction of sp³-hybridized carbons (Fsp3) is 0.160. The van der Waals surface area contributed by atoms with Crippen LogP contribution in [0.4, 0.5) is 0 Å². The van der Waals surface area contributed by atoms with E-state index in [1.54, 1.807) is 35.7 Å². The van der Waals surface area contributed by atoms with Crippen LogP contribution in [0.5, 0.6) is 0 Å². The van der Waals surface area contributed by atoms with Gasteiger partial charge in [0.05, 0.1) is 11.1 Å². The number of hydrazine groups is 1. The first-order valence-electron chi connectivity index (χ1n) is 11.5. The van der Waals surface area contributed by atoms with Crippen molar-refractivity contribution in [3.63, 3.8) is 0 Å². The number of benzene rings is 2. The molecule has 0 unspecified atom stereocenters. The molecule has 14 heteroatoms. The van der Waals surface area contributed by atoms with Crippen LogP contribution in [-0.4, -0.2) is 36.7 Å². The Hall–Kier alpha value is -2.39. The summed E-state index contributed by atoms with van der Waals surface area (Å²) in [5.41, 5.74) is 4.93. The normalized spacial score (nSPS) is 13.9. The zero-order valence-electron chi connectivity index (χ0n) is 20.0. The Labute approximate surface area is 247 Å². The van der Waals surface area contributed by atoms with Crippen molar-refractivity contribution < 1.29 is 18.0 Å². The number of hydrogen-bond acceptors (Lipinski definition) is 9. The van der Waals surface area contributed by atoms with Gasteiger partial charge in [0.25, 0.3) is 21.8 Å². The van der Waals surface area contributed by atoms with Gasteiger partial charge in [0, 0.05) is 37.9 Å². The van der Waals surface area contributed by atoms with E-state index in [0.717, 1.165) is 28.4 Å². The highest BCUT2D eigenvalue weighted by Crippen LogP contribution is 2.45. The number of nitrogens with one attached hydrogen (secondary N) is 3. The smallest absolute Gasteiger partial charge is 0.285 e. The highest BCUT2D eigenvalue weighted by Gasteiger charge is 2.21. The van der Waals surface area contributed by atoms with Crippen LogP contribution < -0.4 is 15.6 Å². The predicted molar refractivity (Wildman–Crippen MR) is 160 cm³/mol. The highest BCUT2D eigenvalue weighted by atomic mass is 35.5. The molecule has 1 fully saturated rings. The topological polar surface area (TPSA) is 117 Å². The van der Waals surface area contributed by atoms with Crippen molar-refractivity contribution in [1.82, 2.24) is 20.6 Å². The molecule has 1 aliphatic heterocycles. The zero-order chi connectivity index (χ0) is 27.4. The van der Waals surface area contributed by atoms with Crippen molar-refractivity contribution in [2.75, 3.05) is 11.5 Å². The van der Waals surface area contributed by atoms with Gasteiger partial charge in [0.2, 0.25) is 0 Å². The van der Waals surface area contributed by atoms with Crippen LogP contribution in [0, 0.1) is 0 Å². The van der Waals surface area contributed by atoms with E-state index >= 15 is 0 Å². The first-order valence-corrected chi connectivity index (χ1v) is 17.2. The number of hydrogen-bond donors (Lipinski definition) is 3. The van der Waals surface area contributed by atoms with Gasteiger partial charge < -0.3 is 5.32 Å². The van der Waals surface area contributed by atoms with E-state index in [4.69, 9.17) is 11.6 Å². The van der Waals surface area contributed by atoms with Crippen LogP contribution in [-0.2, 0) is 16.6 Å². The summed E-state index contributed by atoms with van der Waals surface area (Å²) < 4.78 is 25.9. The Morgan fingerprint density at radius 2 is 1.67 bits per heavy atom. The average molecular weight is 637 g/mol. The van der Waals surface area contributed by atoms with Gasteiger partial charge in [-0.05, 0) is 42.0 Å². The van der Waals surface area contributed by atoms with E-state index < -0.39 is 15.9 Å². The minimum atomic E-state index is -4.02. The summed E-state index contributed by atoms with van der Waals surface area (Å²) in [7, 11) is -4.02. The molecule has 2 aromatic carbocycles. The van der Waals surface area contributed by atoms with Crippen molar-refractivity contribution in [3.8, 4) is 10.6 Å². The Kier molecular flexibility index (Phi) is 8.96. The Morgan fingerprint density at radius 3 is 2.38 bits per heavy atom. The molecule has 5 rings (SSSR count). The van der Waals surface area contributed by atoms with E-state index in [1.807, 2.05) is 35.7 Å². The maximum atomic E-state index is 12.7. The predicted octanol–water partition coefficient (Wildman–Crippen LogP) is 5.56. The van der Waals surface area contributed by atoms with Crippen molar-refractivity contribution in [3.05, 3.63) is 92.8 Å². The van der Waals surface area contributed by atoms with Crippen molar-refractivity contribution in [1.29, 1.82) is 0 Å². The Balaban J connectivity index is 1.15. The lowest BCUT2D eigenvalue weighted by Crippen LogP contribution is -2.41. The van der Waals surface area contributed by atoms with Crippen molar-refractivity contribution >= 4 is 79.6 Å². The molecule has 0 spiro atoms. The maximum absolute atomic E-state index is 12.7. The Bertz CT molecular complexity index is 1580. The number of carbonyl (C=O) groups excluding carboxylic acids is 2. The summed E-state index contributed by atoms with van der Waals surface area (Å²) in [6.07, 6.45) is 0. The second kappa shape index (κ2) is 12.4. The van der Waals surface area contributed by atoms with E-state index in [9.17, 15) is 18.0 Å². The fourth-order valence-electron chi connectivity index (χ4n) is 3.54. The molecule has 1 saturated heterocycles.